The molecule has 0 aliphatic carbocycles. The van der Waals surface area contributed by atoms with Gasteiger partial charge in [-0.25, -0.2) is 8.42 Å². The molecular weight excluding hydrogens is 280 g/mol. The first-order valence-corrected chi connectivity index (χ1v) is 8.10. The molecule has 0 bridgehead atoms. The fourth-order valence-corrected chi connectivity index (χ4v) is 3.79. The van der Waals surface area contributed by atoms with Crippen molar-refractivity contribution in [3.63, 3.8) is 0 Å². The first-order chi connectivity index (χ1) is 8.84. The summed E-state index contributed by atoms with van der Waals surface area (Å²) in [6.07, 6.45) is 0.779. The highest BCUT2D eigenvalue weighted by Crippen LogP contribution is 2.21. The van der Waals surface area contributed by atoms with Gasteiger partial charge >= 0.3 is 0 Å². The second kappa shape index (κ2) is 6.45. The van der Waals surface area contributed by atoms with E-state index in [1.54, 1.807) is 25.1 Å². The van der Waals surface area contributed by atoms with E-state index < -0.39 is 10.0 Å². The number of hydrogen-bond donors (Lipinski definition) is 1. The standard InChI is InChI=1S/C13H20N2O2S2/c1-4-8-15(5-2)19(16,17)12-9-11(13(14)18)7-6-10(12)3/h6-7,9H,4-5,8H2,1-3H3,(H2,14,18). The van der Waals surface area contributed by atoms with Crippen LogP contribution in [-0.4, -0.2) is 30.8 Å². The van der Waals surface area contributed by atoms with Crippen molar-refractivity contribution in [2.45, 2.75) is 32.1 Å². The highest BCUT2D eigenvalue weighted by Gasteiger charge is 2.24. The van der Waals surface area contributed by atoms with Crippen LogP contribution < -0.4 is 5.73 Å². The third-order valence-corrected chi connectivity index (χ3v) is 5.27. The fourth-order valence-electron chi connectivity index (χ4n) is 1.87. The maximum absolute atomic E-state index is 12.6. The van der Waals surface area contributed by atoms with Gasteiger partial charge in [-0.2, -0.15) is 4.31 Å². The van der Waals surface area contributed by atoms with E-state index in [1.807, 2.05) is 13.8 Å². The predicted octanol–water partition coefficient (Wildman–Crippen LogP) is 2.05. The lowest BCUT2D eigenvalue weighted by Crippen LogP contribution is -2.32. The molecule has 0 amide bonds. The zero-order chi connectivity index (χ0) is 14.6. The predicted molar refractivity (Wildman–Crippen MR) is 81.8 cm³/mol. The van der Waals surface area contributed by atoms with Crippen molar-refractivity contribution in [2.75, 3.05) is 13.1 Å². The quantitative estimate of drug-likeness (QED) is 0.817. The lowest BCUT2D eigenvalue weighted by molar-refractivity contribution is 0.427. The summed E-state index contributed by atoms with van der Waals surface area (Å²) in [5.74, 6) is 0. The van der Waals surface area contributed by atoms with Gasteiger partial charge in [-0.05, 0) is 25.0 Å². The lowest BCUT2D eigenvalue weighted by Gasteiger charge is -2.21. The van der Waals surface area contributed by atoms with Gasteiger partial charge in [0.15, 0.2) is 0 Å². The number of nitrogens with zero attached hydrogens (tertiary/aromatic N) is 1. The third kappa shape index (κ3) is 3.52. The summed E-state index contributed by atoms with van der Waals surface area (Å²) in [6.45, 7) is 6.52. The van der Waals surface area contributed by atoms with Crippen molar-refractivity contribution < 1.29 is 8.42 Å². The van der Waals surface area contributed by atoms with Gasteiger partial charge in [0.25, 0.3) is 0 Å². The lowest BCUT2D eigenvalue weighted by atomic mass is 10.1. The molecule has 0 radical (unpaired) electrons. The van der Waals surface area contributed by atoms with Gasteiger partial charge in [-0.15, -0.1) is 0 Å². The van der Waals surface area contributed by atoms with Crippen LogP contribution in [0.5, 0.6) is 0 Å². The molecule has 0 spiro atoms. The van der Waals surface area contributed by atoms with E-state index >= 15 is 0 Å². The van der Waals surface area contributed by atoms with Gasteiger partial charge in [0.05, 0.1) is 4.90 Å². The molecule has 0 saturated carbocycles. The fraction of sp³-hybridized carbons (Fsp3) is 0.462. The molecular formula is C13H20N2O2S2. The van der Waals surface area contributed by atoms with E-state index in [0.717, 1.165) is 6.42 Å². The van der Waals surface area contributed by atoms with Crippen molar-refractivity contribution in [3.05, 3.63) is 29.3 Å². The first kappa shape index (κ1) is 16.1. The molecule has 4 nitrogen and oxygen atoms in total. The van der Waals surface area contributed by atoms with Crippen LogP contribution in [0.25, 0.3) is 0 Å². The maximum Gasteiger partial charge on any atom is 0.243 e. The molecule has 0 saturated heterocycles. The SMILES string of the molecule is CCCN(CC)S(=O)(=O)c1cc(C(N)=S)ccc1C. The number of sulfonamides is 1. The molecule has 0 aliphatic heterocycles. The Bertz CT molecular complexity index is 568. The molecule has 1 aromatic carbocycles. The van der Waals surface area contributed by atoms with E-state index in [-0.39, 0.29) is 9.88 Å². The molecule has 2 N–H and O–H groups in total. The Morgan fingerprint density at radius 3 is 2.47 bits per heavy atom. The third-order valence-electron chi connectivity index (χ3n) is 2.92. The van der Waals surface area contributed by atoms with Crippen LogP contribution in [0, 0.1) is 6.92 Å². The smallest absolute Gasteiger partial charge is 0.243 e. The van der Waals surface area contributed by atoms with Crippen molar-refractivity contribution >= 4 is 27.2 Å². The van der Waals surface area contributed by atoms with Gasteiger partial charge in [0.1, 0.15) is 4.99 Å². The van der Waals surface area contributed by atoms with Gasteiger partial charge < -0.3 is 5.73 Å². The van der Waals surface area contributed by atoms with Crippen molar-refractivity contribution in [1.29, 1.82) is 0 Å². The Kier molecular flexibility index (Phi) is 5.46. The highest BCUT2D eigenvalue weighted by molar-refractivity contribution is 7.89. The van der Waals surface area contributed by atoms with E-state index in [1.165, 1.54) is 4.31 Å². The average Bonchev–Trinajstić information content (AvgIpc) is 2.35. The number of thiocarbonyl (C=S) groups is 1. The number of benzene rings is 1. The molecule has 0 aliphatic rings. The van der Waals surface area contributed by atoms with Crippen molar-refractivity contribution in [3.8, 4) is 0 Å². The van der Waals surface area contributed by atoms with Crippen molar-refractivity contribution in [2.24, 2.45) is 5.73 Å². The highest BCUT2D eigenvalue weighted by atomic mass is 32.2. The summed E-state index contributed by atoms with van der Waals surface area (Å²) in [6, 6.07) is 5.04. The summed E-state index contributed by atoms with van der Waals surface area (Å²) in [7, 11) is -3.48. The Labute approximate surface area is 120 Å². The van der Waals surface area contributed by atoms with E-state index in [4.69, 9.17) is 18.0 Å². The summed E-state index contributed by atoms with van der Waals surface area (Å²) in [4.78, 5) is 0.489. The topological polar surface area (TPSA) is 63.4 Å². The molecule has 1 rings (SSSR count). The van der Waals surface area contributed by atoms with Gasteiger partial charge in [0.2, 0.25) is 10.0 Å². The van der Waals surface area contributed by atoms with Gasteiger partial charge in [-0.3, -0.25) is 0 Å². The van der Waals surface area contributed by atoms with E-state index in [2.05, 4.69) is 0 Å². The number of nitrogens with two attached hydrogens (primary N) is 1. The summed E-state index contributed by atoms with van der Waals surface area (Å²) >= 11 is 4.90. The van der Waals surface area contributed by atoms with Crippen LogP contribution in [-0.2, 0) is 10.0 Å². The molecule has 0 unspecified atom stereocenters. The van der Waals surface area contributed by atoms with Crippen LogP contribution in [0.3, 0.4) is 0 Å². The minimum Gasteiger partial charge on any atom is -0.389 e. The van der Waals surface area contributed by atoms with Gasteiger partial charge in [0, 0.05) is 18.7 Å². The van der Waals surface area contributed by atoms with Crippen LogP contribution in [0.15, 0.2) is 23.1 Å². The van der Waals surface area contributed by atoms with Crippen LogP contribution in [0.4, 0.5) is 0 Å². The number of hydrogen-bond acceptors (Lipinski definition) is 3. The molecule has 0 fully saturated rings. The summed E-state index contributed by atoms with van der Waals surface area (Å²) in [5, 5.41) is 0. The number of rotatable bonds is 6. The molecule has 0 atom stereocenters. The molecule has 0 heterocycles. The minimum absolute atomic E-state index is 0.204. The Hall–Kier alpha value is -0.980. The summed E-state index contributed by atoms with van der Waals surface area (Å²) in [5.41, 5.74) is 6.85. The zero-order valence-electron chi connectivity index (χ0n) is 11.5. The summed E-state index contributed by atoms with van der Waals surface area (Å²) < 4.78 is 26.7. The molecule has 19 heavy (non-hydrogen) atoms. The van der Waals surface area contributed by atoms with Crippen molar-refractivity contribution in [1.82, 2.24) is 4.31 Å². The molecule has 106 valence electrons. The average molecular weight is 300 g/mol. The molecule has 6 heteroatoms. The second-order valence-electron chi connectivity index (χ2n) is 4.34. The van der Waals surface area contributed by atoms with Crippen LogP contribution in [0.2, 0.25) is 0 Å². The first-order valence-electron chi connectivity index (χ1n) is 6.25. The monoisotopic (exact) mass is 300 g/mol. The minimum atomic E-state index is -3.48. The second-order valence-corrected chi connectivity index (χ2v) is 6.69. The number of aryl methyl sites for hydroxylation is 1. The molecule has 1 aromatic rings. The maximum atomic E-state index is 12.6. The van der Waals surface area contributed by atoms with Crippen LogP contribution >= 0.6 is 12.2 Å². The van der Waals surface area contributed by atoms with E-state index in [9.17, 15) is 8.42 Å². The van der Waals surface area contributed by atoms with Crippen LogP contribution in [0.1, 0.15) is 31.4 Å². The Morgan fingerprint density at radius 1 is 1.37 bits per heavy atom. The Balaban J connectivity index is 3.34. The van der Waals surface area contributed by atoms with E-state index in [0.29, 0.717) is 24.2 Å². The molecule has 0 aromatic heterocycles. The zero-order valence-corrected chi connectivity index (χ0v) is 13.1. The normalized spacial score (nSPS) is 11.8. The Morgan fingerprint density at radius 2 is 2.00 bits per heavy atom. The largest absolute Gasteiger partial charge is 0.389 e. The van der Waals surface area contributed by atoms with Gasteiger partial charge in [-0.1, -0.05) is 38.2 Å².